The van der Waals surface area contributed by atoms with Crippen molar-refractivity contribution in [2.75, 3.05) is 20.3 Å². The van der Waals surface area contributed by atoms with Crippen LogP contribution in [-0.4, -0.2) is 44.2 Å². The Morgan fingerprint density at radius 1 is 1.35 bits per heavy atom. The molecule has 5 heteroatoms. The molecule has 5 nitrogen and oxygen atoms in total. The second-order valence-electron chi connectivity index (χ2n) is 4.70. The van der Waals surface area contributed by atoms with Crippen LogP contribution < -0.4 is 5.32 Å². The van der Waals surface area contributed by atoms with Crippen LogP contribution in [0.2, 0.25) is 0 Å². The van der Waals surface area contributed by atoms with Crippen molar-refractivity contribution >= 4 is 5.91 Å². The van der Waals surface area contributed by atoms with E-state index in [-0.39, 0.29) is 23.9 Å². The molecule has 0 aromatic heterocycles. The highest BCUT2D eigenvalue weighted by Gasteiger charge is 2.41. The lowest BCUT2D eigenvalue weighted by molar-refractivity contribution is -0.195. The van der Waals surface area contributed by atoms with E-state index in [1.54, 1.807) is 14.0 Å². The second-order valence-corrected chi connectivity index (χ2v) is 4.70. The average Bonchev–Trinajstić information content (AvgIpc) is 2.80. The molecule has 1 N–H and O–H groups in total. The molecule has 2 rings (SSSR count). The van der Waals surface area contributed by atoms with Gasteiger partial charge in [-0.25, -0.2) is 0 Å². The Morgan fingerprint density at radius 3 is 2.47 bits per heavy atom. The lowest BCUT2D eigenvalue weighted by Crippen LogP contribution is -2.40. The summed E-state index contributed by atoms with van der Waals surface area (Å²) in [5.41, 5.74) is 0. The van der Waals surface area contributed by atoms with Gasteiger partial charge in [0.15, 0.2) is 5.79 Å². The molecule has 17 heavy (non-hydrogen) atoms. The van der Waals surface area contributed by atoms with Crippen molar-refractivity contribution in [1.82, 2.24) is 5.32 Å². The van der Waals surface area contributed by atoms with E-state index in [0.717, 1.165) is 25.7 Å². The molecule has 98 valence electrons. The molecule has 1 aliphatic carbocycles. The normalized spacial score (nSPS) is 26.0. The molecular weight excluding hydrogens is 222 g/mol. The zero-order chi connectivity index (χ0) is 12.3. The summed E-state index contributed by atoms with van der Waals surface area (Å²) in [5.74, 6) is -0.422. The lowest BCUT2D eigenvalue weighted by Gasteiger charge is -2.35. The monoisotopic (exact) mass is 243 g/mol. The number of carbonyl (C=O) groups is 1. The van der Waals surface area contributed by atoms with Crippen LogP contribution in [0.1, 0.15) is 32.6 Å². The van der Waals surface area contributed by atoms with Crippen molar-refractivity contribution in [2.24, 2.45) is 0 Å². The van der Waals surface area contributed by atoms with Gasteiger partial charge in [0.05, 0.1) is 19.3 Å². The van der Waals surface area contributed by atoms with Crippen molar-refractivity contribution in [1.29, 1.82) is 0 Å². The van der Waals surface area contributed by atoms with E-state index in [4.69, 9.17) is 14.2 Å². The Labute approximate surface area is 102 Å². The third-order valence-corrected chi connectivity index (χ3v) is 3.52. The van der Waals surface area contributed by atoms with Crippen LogP contribution in [0.5, 0.6) is 0 Å². The van der Waals surface area contributed by atoms with Gasteiger partial charge in [0, 0.05) is 19.9 Å². The predicted molar refractivity (Wildman–Crippen MR) is 61.5 cm³/mol. The fraction of sp³-hybridized carbons (Fsp3) is 0.917. The molecule has 0 bridgehead atoms. The average molecular weight is 243 g/mol. The van der Waals surface area contributed by atoms with Gasteiger partial charge in [-0.15, -0.1) is 0 Å². The first kappa shape index (κ1) is 12.8. The quantitative estimate of drug-likeness (QED) is 0.797. The largest absolute Gasteiger partial charge is 0.365 e. The van der Waals surface area contributed by atoms with Gasteiger partial charge in [-0.1, -0.05) is 0 Å². The van der Waals surface area contributed by atoms with Gasteiger partial charge in [-0.3, -0.25) is 4.79 Å². The number of likely N-dealkylation sites (N-methyl/N-ethyl adjacent to an activating group) is 1. The summed E-state index contributed by atoms with van der Waals surface area (Å²) in [7, 11) is 1.62. The molecule has 2 fully saturated rings. The van der Waals surface area contributed by atoms with Crippen LogP contribution in [0.25, 0.3) is 0 Å². The maximum Gasteiger partial charge on any atom is 0.248 e. The first-order chi connectivity index (χ1) is 8.15. The fourth-order valence-electron chi connectivity index (χ4n) is 2.51. The number of hydrogen-bond acceptors (Lipinski definition) is 4. The van der Waals surface area contributed by atoms with Crippen molar-refractivity contribution < 1.29 is 19.0 Å². The second kappa shape index (κ2) is 5.33. The summed E-state index contributed by atoms with van der Waals surface area (Å²) >= 11 is 0. The highest BCUT2D eigenvalue weighted by atomic mass is 16.7. The molecule has 1 saturated carbocycles. The summed E-state index contributed by atoms with van der Waals surface area (Å²) in [5, 5.41) is 2.59. The SMILES string of the molecule is CNC(=O)C(C)OC1CCC2(CC1)OCCO2. The van der Waals surface area contributed by atoms with Crippen LogP contribution in [0.3, 0.4) is 0 Å². The Balaban J connectivity index is 1.77. The topological polar surface area (TPSA) is 56.8 Å². The maximum absolute atomic E-state index is 11.3. The minimum atomic E-state index is -0.385. The number of carbonyl (C=O) groups excluding carboxylic acids is 1. The molecular formula is C12H21NO4. The summed E-state index contributed by atoms with van der Waals surface area (Å²) < 4.78 is 17.0. The van der Waals surface area contributed by atoms with Crippen molar-refractivity contribution in [3.63, 3.8) is 0 Å². The van der Waals surface area contributed by atoms with E-state index in [0.29, 0.717) is 13.2 Å². The van der Waals surface area contributed by atoms with Gasteiger partial charge in [0.1, 0.15) is 6.10 Å². The van der Waals surface area contributed by atoms with Gasteiger partial charge in [0.2, 0.25) is 5.91 Å². The molecule has 1 heterocycles. The van der Waals surface area contributed by atoms with Gasteiger partial charge in [0.25, 0.3) is 0 Å². The van der Waals surface area contributed by atoms with E-state index in [1.807, 2.05) is 0 Å². The van der Waals surface area contributed by atoms with Crippen LogP contribution in [-0.2, 0) is 19.0 Å². The molecule has 1 atom stereocenters. The number of ether oxygens (including phenoxy) is 3. The summed E-state index contributed by atoms with van der Waals surface area (Å²) in [6, 6.07) is 0. The van der Waals surface area contributed by atoms with Crippen LogP contribution >= 0.6 is 0 Å². The van der Waals surface area contributed by atoms with Crippen LogP contribution in [0.15, 0.2) is 0 Å². The molecule has 1 amide bonds. The Kier molecular flexibility index (Phi) is 4.01. The minimum absolute atomic E-state index is 0.0707. The molecule has 1 unspecified atom stereocenters. The molecule has 2 aliphatic rings. The molecule has 0 aromatic rings. The highest BCUT2D eigenvalue weighted by molar-refractivity contribution is 5.79. The van der Waals surface area contributed by atoms with Gasteiger partial charge >= 0.3 is 0 Å². The first-order valence-corrected chi connectivity index (χ1v) is 6.30. The third kappa shape index (κ3) is 2.97. The van der Waals surface area contributed by atoms with E-state index in [9.17, 15) is 4.79 Å². The summed E-state index contributed by atoms with van der Waals surface area (Å²) in [4.78, 5) is 11.3. The minimum Gasteiger partial charge on any atom is -0.365 e. The van der Waals surface area contributed by atoms with Crippen LogP contribution in [0, 0.1) is 0 Å². The Bertz CT molecular complexity index is 266. The van der Waals surface area contributed by atoms with E-state index >= 15 is 0 Å². The van der Waals surface area contributed by atoms with Crippen molar-refractivity contribution in [3.05, 3.63) is 0 Å². The number of hydrogen-bond donors (Lipinski definition) is 1. The first-order valence-electron chi connectivity index (χ1n) is 6.30. The predicted octanol–water partition coefficient (Wildman–Crippen LogP) is 0.823. The van der Waals surface area contributed by atoms with Gasteiger partial charge in [-0.05, 0) is 19.8 Å². The van der Waals surface area contributed by atoms with E-state index in [2.05, 4.69) is 5.32 Å². The van der Waals surface area contributed by atoms with E-state index in [1.165, 1.54) is 0 Å². The number of rotatable bonds is 3. The lowest BCUT2D eigenvalue weighted by atomic mass is 9.91. The molecule has 0 aromatic carbocycles. The highest BCUT2D eigenvalue weighted by Crippen LogP contribution is 2.36. The third-order valence-electron chi connectivity index (χ3n) is 3.52. The van der Waals surface area contributed by atoms with Crippen molar-refractivity contribution in [2.45, 2.75) is 50.6 Å². The summed E-state index contributed by atoms with van der Waals surface area (Å²) in [6.45, 7) is 3.17. The zero-order valence-corrected chi connectivity index (χ0v) is 10.5. The van der Waals surface area contributed by atoms with Gasteiger partial charge < -0.3 is 19.5 Å². The molecule has 1 aliphatic heterocycles. The molecule has 1 spiro atoms. The smallest absolute Gasteiger partial charge is 0.248 e. The maximum atomic E-state index is 11.3. The van der Waals surface area contributed by atoms with Gasteiger partial charge in [-0.2, -0.15) is 0 Å². The zero-order valence-electron chi connectivity index (χ0n) is 10.5. The number of amides is 1. The molecule has 1 saturated heterocycles. The molecule has 0 radical (unpaired) electrons. The summed E-state index contributed by atoms with van der Waals surface area (Å²) in [6.07, 6.45) is 3.25. The standard InChI is InChI=1S/C12H21NO4/c1-9(11(14)13-2)17-10-3-5-12(6-4-10)15-7-8-16-12/h9-10H,3-8H2,1-2H3,(H,13,14). The Hall–Kier alpha value is -0.650. The van der Waals surface area contributed by atoms with Crippen LogP contribution in [0.4, 0.5) is 0 Å². The number of nitrogens with one attached hydrogen (secondary N) is 1. The van der Waals surface area contributed by atoms with Crippen molar-refractivity contribution in [3.8, 4) is 0 Å². The fourth-order valence-corrected chi connectivity index (χ4v) is 2.51. The Morgan fingerprint density at radius 2 is 1.94 bits per heavy atom. The van der Waals surface area contributed by atoms with E-state index < -0.39 is 0 Å².